The van der Waals surface area contributed by atoms with Gasteiger partial charge in [-0.1, -0.05) is 19.9 Å². The maximum atomic E-state index is 11.4. The normalized spacial score (nSPS) is 18.5. The second kappa shape index (κ2) is 3.83. The number of Topliss-reactive ketones (excluding diaryl/α,β-unsaturated/α-hetero) is 1. The topological polar surface area (TPSA) is 40.5 Å². The fourth-order valence-corrected chi connectivity index (χ4v) is 1.27. The lowest BCUT2D eigenvalue weighted by molar-refractivity contribution is -0.118. The molecule has 0 spiro atoms. The van der Waals surface area contributed by atoms with E-state index in [0.29, 0.717) is 13.1 Å². The summed E-state index contributed by atoms with van der Waals surface area (Å²) in [6, 6.07) is 0. The van der Waals surface area contributed by atoms with E-state index < -0.39 is 0 Å². The Morgan fingerprint density at radius 3 is 2.83 bits per heavy atom. The van der Waals surface area contributed by atoms with Gasteiger partial charge in [0.2, 0.25) is 0 Å². The number of aliphatic hydroxyl groups is 1. The SMILES string of the molecule is CC(C)C(=O)C1=CCN(CO)C1. The Morgan fingerprint density at radius 1 is 1.75 bits per heavy atom. The van der Waals surface area contributed by atoms with E-state index in [1.165, 1.54) is 0 Å². The van der Waals surface area contributed by atoms with E-state index >= 15 is 0 Å². The van der Waals surface area contributed by atoms with E-state index in [2.05, 4.69) is 0 Å². The van der Waals surface area contributed by atoms with Crippen LogP contribution < -0.4 is 0 Å². The van der Waals surface area contributed by atoms with E-state index in [1.54, 1.807) is 0 Å². The predicted molar refractivity (Wildman–Crippen MR) is 46.6 cm³/mol. The van der Waals surface area contributed by atoms with E-state index in [0.717, 1.165) is 5.57 Å². The maximum absolute atomic E-state index is 11.4. The largest absolute Gasteiger partial charge is 0.381 e. The summed E-state index contributed by atoms with van der Waals surface area (Å²) in [6.45, 7) is 5.12. The van der Waals surface area contributed by atoms with Gasteiger partial charge in [0, 0.05) is 24.6 Å². The molecule has 0 radical (unpaired) electrons. The molecule has 3 nitrogen and oxygen atoms in total. The molecule has 0 saturated carbocycles. The first kappa shape index (κ1) is 9.42. The molecule has 0 aromatic heterocycles. The van der Waals surface area contributed by atoms with Crippen molar-refractivity contribution >= 4 is 5.78 Å². The van der Waals surface area contributed by atoms with Crippen molar-refractivity contribution in [3.8, 4) is 0 Å². The molecular formula is C9H15NO2. The van der Waals surface area contributed by atoms with Crippen molar-refractivity contribution in [2.24, 2.45) is 5.92 Å². The number of nitrogens with zero attached hydrogens (tertiary/aromatic N) is 1. The molecule has 0 atom stereocenters. The zero-order valence-corrected chi connectivity index (χ0v) is 7.58. The minimum absolute atomic E-state index is 0.0331. The smallest absolute Gasteiger partial charge is 0.162 e. The molecule has 0 bridgehead atoms. The summed E-state index contributed by atoms with van der Waals surface area (Å²) in [7, 11) is 0. The molecule has 1 N–H and O–H groups in total. The molecule has 0 saturated heterocycles. The van der Waals surface area contributed by atoms with Crippen LogP contribution in [0.25, 0.3) is 0 Å². The third kappa shape index (κ3) is 1.93. The van der Waals surface area contributed by atoms with Gasteiger partial charge in [-0.2, -0.15) is 0 Å². The van der Waals surface area contributed by atoms with Crippen LogP contribution in [0.1, 0.15) is 13.8 Å². The van der Waals surface area contributed by atoms with Crippen LogP contribution in [0.15, 0.2) is 11.6 Å². The molecule has 1 aliphatic heterocycles. The van der Waals surface area contributed by atoms with Crippen molar-refractivity contribution in [2.45, 2.75) is 13.8 Å². The van der Waals surface area contributed by atoms with Gasteiger partial charge in [-0.3, -0.25) is 9.69 Å². The van der Waals surface area contributed by atoms with Crippen LogP contribution in [0.2, 0.25) is 0 Å². The Kier molecular flexibility index (Phi) is 3.00. The molecule has 0 aliphatic carbocycles. The molecule has 0 aromatic carbocycles. The van der Waals surface area contributed by atoms with Crippen LogP contribution in [-0.4, -0.2) is 35.6 Å². The fraction of sp³-hybridized carbons (Fsp3) is 0.667. The highest BCUT2D eigenvalue weighted by Gasteiger charge is 2.20. The van der Waals surface area contributed by atoms with Gasteiger partial charge in [0.05, 0.1) is 6.73 Å². The third-order valence-electron chi connectivity index (χ3n) is 2.03. The first-order valence-electron chi connectivity index (χ1n) is 4.21. The summed E-state index contributed by atoms with van der Waals surface area (Å²) in [4.78, 5) is 13.2. The van der Waals surface area contributed by atoms with Gasteiger partial charge >= 0.3 is 0 Å². The van der Waals surface area contributed by atoms with Crippen LogP contribution >= 0.6 is 0 Å². The van der Waals surface area contributed by atoms with Gasteiger partial charge < -0.3 is 5.11 Å². The molecule has 0 unspecified atom stereocenters. The summed E-state index contributed by atoms with van der Waals surface area (Å²) in [5.41, 5.74) is 0.846. The average Bonchev–Trinajstić information content (AvgIpc) is 2.50. The highest BCUT2D eigenvalue weighted by molar-refractivity contribution is 5.97. The molecule has 1 rings (SSSR count). The molecule has 0 amide bonds. The van der Waals surface area contributed by atoms with Crippen molar-refractivity contribution in [2.75, 3.05) is 19.8 Å². The monoisotopic (exact) mass is 169 g/mol. The van der Waals surface area contributed by atoms with Crippen LogP contribution in [0.3, 0.4) is 0 Å². The van der Waals surface area contributed by atoms with E-state index in [-0.39, 0.29) is 18.4 Å². The van der Waals surface area contributed by atoms with Crippen molar-refractivity contribution < 1.29 is 9.90 Å². The number of carbonyl (C=O) groups is 1. The van der Waals surface area contributed by atoms with E-state index in [1.807, 2.05) is 24.8 Å². The molecule has 0 fully saturated rings. The summed E-state index contributed by atoms with van der Waals surface area (Å²) < 4.78 is 0. The van der Waals surface area contributed by atoms with Crippen LogP contribution in [-0.2, 0) is 4.79 Å². The van der Waals surface area contributed by atoms with Crippen LogP contribution in [0.4, 0.5) is 0 Å². The Hall–Kier alpha value is -0.670. The molecule has 1 aliphatic rings. The molecular weight excluding hydrogens is 154 g/mol. The number of hydrogen-bond acceptors (Lipinski definition) is 3. The Balaban J connectivity index is 2.51. The standard InChI is InChI=1S/C9H15NO2/c1-7(2)9(12)8-3-4-10(5-8)6-11/h3,7,11H,4-6H2,1-2H3. The number of rotatable bonds is 3. The fourth-order valence-electron chi connectivity index (χ4n) is 1.27. The highest BCUT2D eigenvalue weighted by atomic mass is 16.3. The number of ketones is 1. The first-order chi connectivity index (χ1) is 5.65. The van der Waals surface area contributed by atoms with Gasteiger partial charge in [0.25, 0.3) is 0 Å². The van der Waals surface area contributed by atoms with Gasteiger partial charge in [0.1, 0.15) is 0 Å². The van der Waals surface area contributed by atoms with Crippen molar-refractivity contribution in [3.05, 3.63) is 11.6 Å². The Bertz CT molecular complexity index is 209. The van der Waals surface area contributed by atoms with Gasteiger partial charge in [0.15, 0.2) is 5.78 Å². The maximum Gasteiger partial charge on any atom is 0.162 e. The zero-order chi connectivity index (χ0) is 9.14. The first-order valence-corrected chi connectivity index (χ1v) is 4.21. The minimum atomic E-state index is 0.0331. The Morgan fingerprint density at radius 2 is 2.42 bits per heavy atom. The molecule has 68 valence electrons. The number of carbonyl (C=O) groups excluding carboxylic acids is 1. The van der Waals surface area contributed by atoms with Crippen LogP contribution in [0, 0.1) is 5.92 Å². The average molecular weight is 169 g/mol. The minimum Gasteiger partial charge on any atom is -0.381 e. The van der Waals surface area contributed by atoms with E-state index in [4.69, 9.17) is 5.11 Å². The van der Waals surface area contributed by atoms with Crippen molar-refractivity contribution in [1.82, 2.24) is 4.90 Å². The second-order valence-electron chi connectivity index (χ2n) is 3.40. The molecule has 3 heteroatoms. The predicted octanol–water partition coefficient (Wildman–Crippen LogP) is 0.403. The zero-order valence-electron chi connectivity index (χ0n) is 7.58. The summed E-state index contributed by atoms with van der Waals surface area (Å²) in [5.74, 6) is 0.265. The second-order valence-corrected chi connectivity index (χ2v) is 3.40. The molecule has 0 aromatic rings. The molecule has 1 heterocycles. The van der Waals surface area contributed by atoms with Gasteiger partial charge in [-0.25, -0.2) is 0 Å². The number of aliphatic hydroxyl groups excluding tert-OH is 1. The summed E-state index contributed by atoms with van der Waals surface area (Å²) >= 11 is 0. The summed E-state index contributed by atoms with van der Waals surface area (Å²) in [5, 5.41) is 8.79. The lowest BCUT2D eigenvalue weighted by Gasteiger charge is -2.11. The highest BCUT2D eigenvalue weighted by Crippen LogP contribution is 2.13. The van der Waals surface area contributed by atoms with E-state index in [9.17, 15) is 4.79 Å². The lowest BCUT2D eigenvalue weighted by atomic mass is 10.0. The Labute approximate surface area is 72.7 Å². The molecule has 12 heavy (non-hydrogen) atoms. The third-order valence-corrected chi connectivity index (χ3v) is 2.03. The van der Waals surface area contributed by atoms with Gasteiger partial charge in [-0.15, -0.1) is 0 Å². The quantitative estimate of drug-likeness (QED) is 0.665. The number of hydrogen-bond donors (Lipinski definition) is 1. The van der Waals surface area contributed by atoms with Gasteiger partial charge in [-0.05, 0) is 0 Å². The lowest BCUT2D eigenvalue weighted by Crippen LogP contribution is -2.24. The van der Waals surface area contributed by atoms with Crippen LogP contribution in [0.5, 0.6) is 0 Å². The summed E-state index contributed by atoms with van der Waals surface area (Å²) in [6.07, 6.45) is 1.90. The van der Waals surface area contributed by atoms with Crippen molar-refractivity contribution in [1.29, 1.82) is 0 Å². The van der Waals surface area contributed by atoms with Crippen molar-refractivity contribution in [3.63, 3.8) is 0 Å².